The summed E-state index contributed by atoms with van der Waals surface area (Å²) >= 11 is 0. The van der Waals surface area contributed by atoms with Crippen LogP contribution in [0.15, 0.2) is 18.2 Å². The van der Waals surface area contributed by atoms with Crippen molar-refractivity contribution in [2.24, 2.45) is 0 Å². The van der Waals surface area contributed by atoms with Crippen LogP contribution in [0.25, 0.3) is 0 Å². The van der Waals surface area contributed by atoms with E-state index in [1.165, 1.54) is 0 Å². The number of nitrogens with one attached hydrogen (secondary N) is 2. The number of fused-ring (bicyclic) bond motifs is 1. The van der Waals surface area contributed by atoms with Gasteiger partial charge < -0.3 is 25.0 Å². The van der Waals surface area contributed by atoms with Crippen molar-refractivity contribution in [2.75, 3.05) is 44.7 Å². The molecule has 124 valence electrons. The number of hydrogen-bond donors (Lipinski definition) is 2. The van der Waals surface area contributed by atoms with E-state index in [1.54, 1.807) is 4.90 Å². The second-order valence-corrected chi connectivity index (χ2v) is 5.57. The van der Waals surface area contributed by atoms with Crippen LogP contribution in [0.4, 0.5) is 10.5 Å². The fourth-order valence-electron chi connectivity index (χ4n) is 2.68. The van der Waals surface area contributed by atoms with Gasteiger partial charge in [-0.25, -0.2) is 4.79 Å². The minimum Gasteiger partial charge on any atom is -0.490 e. The van der Waals surface area contributed by atoms with Crippen molar-refractivity contribution in [3.05, 3.63) is 23.8 Å². The standard InChI is InChI=1S/C16H21N3O4/c20-15-4-1-12-11-13(2-3-14(12)18-15)22-9-10-23-16(21)19-7-5-17-6-8-19/h2-3,11,17H,1,4-10H2,(H,18,20). The molecule has 0 aromatic heterocycles. The van der Waals surface area contributed by atoms with Crippen LogP contribution in [-0.2, 0) is 16.0 Å². The van der Waals surface area contributed by atoms with Gasteiger partial charge in [0.05, 0.1) is 0 Å². The van der Waals surface area contributed by atoms with Crippen LogP contribution >= 0.6 is 0 Å². The highest BCUT2D eigenvalue weighted by molar-refractivity contribution is 5.93. The number of anilines is 1. The zero-order chi connectivity index (χ0) is 16.1. The number of amides is 2. The van der Waals surface area contributed by atoms with E-state index in [0.29, 0.717) is 26.1 Å². The summed E-state index contributed by atoms with van der Waals surface area (Å²) in [5.41, 5.74) is 1.92. The van der Waals surface area contributed by atoms with Gasteiger partial charge in [0.25, 0.3) is 0 Å². The summed E-state index contributed by atoms with van der Waals surface area (Å²) in [7, 11) is 0. The smallest absolute Gasteiger partial charge is 0.409 e. The quantitative estimate of drug-likeness (QED) is 0.809. The molecular formula is C16H21N3O4. The Hall–Kier alpha value is -2.28. The molecule has 0 atom stereocenters. The molecule has 0 radical (unpaired) electrons. The molecular weight excluding hydrogens is 298 g/mol. The van der Waals surface area contributed by atoms with Crippen LogP contribution in [0.1, 0.15) is 12.0 Å². The lowest BCUT2D eigenvalue weighted by atomic mass is 10.0. The van der Waals surface area contributed by atoms with E-state index >= 15 is 0 Å². The van der Waals surface area contributed by atoms with Gasteiger partial charge in [-0.2, -0.15) is 0 Å². The fraction of sp³-hybridized carbons (Fsp3) is 0.500. The molecule has 2 amide bonds. The molecule has 0 saturated carbocycles. The third-order valence-corrected chi connectivity index (χ3v) is 3.92. The minimum absolute atomic E-state index is 0.0472. The second-order valence-electron chi connectivity index (χ2n) is 5.57. The second kappa shape index (κ2) is 7.32. The van der Waals surface area contributed by atoms with Crippen molar-refractivity contribution in [1.82, 2.24) is 10.2 Å². The van der Waals surface area contributed by atoms with Crippen LogP contribution in [0, 0.1) is 0 Å². The average Bonchev–Trinajstić information content (AvgIpc) is 2.59. The summed E-state index contributed by atoms with van der Waals surface area (Å²) in [6.45, 7) is 3.49. The first-order valence-corrected chi connectivity index (χ1v) is 7.90. The van der Waals surface area contributed by atoms with Gasteiger partial charge in [0.15, 0.2) is 0 Å². The van der Waals surface area contributed by atoms with Gasteiger partial charge in [-0.3, -0.25) is 4.79 Å². The normalized spacial score (nSPS) is 17.2. The van der Waals surface area contributed by atoms with Gasteiger partial charge in [0.2, 0.25) is 5.91 Å². The molecule has 0 bridgehead atoms. The number of aryl methyl sites for hydroxylation is 1. The van der Waals surface area contributed by atoms with Crippen LogP contribution < -0.4 is 15.4 Å². The Labute approximate surface area is 134 Å². The highest BCUT2D eigenvalue weighted by Crippen LogP contribution is 2.26. The molecule has 1 saturated heterocycles. The number of rotatable bonds is 4. The van der Waals surface area contributed by atoms with Gasteiger partial charge in [-0.1, -0.05) is 0 Å². The average molecular weight is 319 g/mol. The number of carbonyl (C=O) groups is 2. The topological polar surface area (TPSA) is 79.9 Å². The third-order valence-electron chi connectivity index (χ3n) is 3.92. The molecule has 2 aliphatic rings. The molecule has 0 spiro atoms. The molecule has 2 N–H and O–H groups in total. The number of carbonyl (C=O) groups excluding carboxylic acids is 2. The molecule has 23 heavy (non-hydrogen) atoms. The number of piperazine rings is 1. The molecule has 0 aliphatic carbocycles. The van der Waals surface area contributed by atoms with E-state index in [4.69, 9.17) is 9.47 Å². The van der Waals surface area contributed by atoms with Crippen molar-refractivity contribution in [3.8, 4) is 5.75 Å². The Balaban J connectivity index is 1.42. The SMILES string of the molecule is O=C1CCc2cc(OCCOC(=O)N3CCNCC3)ccc2N1. The molecule has 2 aliphatic heterocycles. The Morgan fingerprint density at radius 2 is 2.00 bits per heavy atom. The van der Waals surface area contributed by atoms with Crippen molar-refractivity contribution in [1.29, 1.82) is 0 Å². The van der Waals surface area contributed by atoms with Gasteiger partial charge in [0.1, 0.15) is 19.0 Å². The lowest BCUT2D eigenvalue weighted by Crippen LogP contribution is -2.46. The number of ether oxygens (including phenoxy) is 2. The maximum absolute atomic E-state index is 11.8. The van der Waals surface area contributed by atoms with Crippen molar-refractivity contribution >= 4 is 17.7 Å². The van der Waals surface area contributed by atoms with E-state index in [9.17, 15) is 9.59 Å². The molecule has 0 unspecified atom stereocenters. The van der Waals surface area contributed by atoms with E-state index in [0.717, 1.165) is 36.5 Å². The lowest BCUT2D eigenvalue weighted by Gasteiger charge is -2.26. The summed E-state index contributed by atoms with van der Waals surface area (Å²) in [5, 5.41) is 6.02. The molecule has 7 nitrogen and oxygen atoms in total. The van der Waals surface area contributed by atoms with Crippen LogP contribution in [0.3, 0.4) is 0 Å². The predicted molar refractivity (Wildman–Crippen MR) is 84.7 cm³/mol. The largest absolute Gasteiger partial charge is 0.490 e. The summed E-state index contributed by atoms with van der Waals surface area (Å²) in [5.74, 6) is 0.768. The van der Waals surface area contributed by atoms with E-state index in [1.807, 2.05) is 18.2 Å². The molecule has 3 rings (SSSR count). The highest BCUT2D eigenvalue weighted by Gasteiger charge is 2.17. The van der Waals surface area contributed by atoms with Crippen LogP contribution in [0.5, 0.6) is 5.75 Å². The van der Waals surface area contributed by atoms with E-state index < -0.39 is 0 Å². The number of benzene rings is 1. The lowest BCUT2D eigenvalue weighted by molar-refractivity contribution is -0.116. The first-order valence-electron chi connectivity index (χ1n) is 7.90. The Morgan fingerprint density at radius 1 is 1.17 bits per heavy atom. The Morgan fingerprint density at radius 3 is 2.83 bits per heavy atom. The van der Waals surface area contributed by atoms with Crippen molar-refractivity contribution in [3.63, 3.8) is 0 Å². The van der Waals surface area contributed by atoms with Gasteiger partial charge in [0, 0.05) is 38.3 Å². The third kappa shape index (κ3) is 4.13. The number of nitrogens with zero attached hydrogens (tertiary/aromatic N) is 1. The highest BCUT2D eigenvalue weighted by atomic mass is 16.6. The summed E-state index contributed by atoms with van der Waals surface area (Å²) in [4.78, 5) is 24.8. The zero-order valence-corrected chi connectivity index (χ0v) is 13.0. The fourth-order valence-corrected chi connectivity index (χ4v) is 2.68. The first kappa shape index (κ1) is 15.6. The number of hydrogen-bond acceptors (Lipinski definition) is 5. The van der Waals surface area contributed by atoms with Crippen LogP contribution in [-0.4, -0.2) is 56.3 Å². The maximum atomic E-state index is 11.8. The van der Waals surface area contributed by atoms with Gasteiger partial charge in [-0.05, 0) is 30.2 Å². The summed E-state index contributed by atoms with van der Waals surface area (Å²) < 4.78 is 10.8. The van der Waals surface area contributed by atoms with E-state index in [-0.39, 0.29) is 18.6 Å². The van der Waals surface area contributed by atoms with E-state index in [2.05, 4.69) is 10.6 Å². The van der Waals surface area contributed by atoms with Crippen molar-refractivity contribution < 1.29 is 19.1 Å². The zero-order valence-electron chi connectivity index (χ0n) is 13.0. The molecule has 7 heteroatoms. The Bertz CT molecular complexity index is 585. The summed E-state index contributed by atoms with van der Waals surface area (Å²) in [6, 6.07) is 5.57. The Kier molecular flexibility index (Phi) is 4.97. The van der Waals surface area contributed by atoms with Gasteiger partial charge >= 0.3 is 6.09 Å². The molecule has 1 aromatic rings. The first-order chi connectivity index (χ1) is 11.2. The minimum atomic E-state index is -0.289. The molecule has 1 fully saturated rings. The summed E-state index contributed by atoms with van der Waals surface area (Å²) in [6.07, 6.45) is 0.929. The van der Waals surface area contributed by atoms with Crippen molar-refractivity contribution in [2.45, 2.75) is 12.8 Å². The molecule has 1 aromatic carbocycles. The maximum Gasteiger partial charge on any atom is 0.409 e. The monoisotopic (exact) mass is 319 g/mol. The van der Waals surface area contributed by atoms with Crippen LogP contribution in [0.2, 0.25) is 0 Å². The van der Waals surface area contributed by atoms with Gasteiger partial charge in [-0.15, -0.1) is 0 Å². The predicted octanol–water partition coefficient (Wildman–Crippen LogP) is 0.992. The molecule has 2 heterocycles.